The zero-order chi connectivity index (χ0) is 24.7. The summed E-state index contributed by atoms with van der Waals surface area (Å²) in [5.41, 5.74) is 26.3. The van der Waals surface area contributed by atoms with Crippen LogP contribution < -0.4 is 28.5 Å². The highest BCUT2D eigenvalue weighted by atomic mass is 35.5. The van der Waals surface area contributed by atoms with Crippen LogP contribution in [0.5, 0.6) is 0 Å². The van der Waals surface area contributed by atoms with Crippen molar-refractivity contribution in [3.63, 3.8) is 0 Å². The van der Waals surface area contributed by atoms with E-state index in [2.05, 4.69) is 36.1 Å². The summed E-state index contributed by atoms with van der Waals surface area (Å²) >= 11 is 5.92. The molecule has 7 heteroatoms. The number of nitrogen functional groups attached to an aromatic ring is 1. The van der Waals surface area contributed by atoms with Crippen molar-refractivity contribution in [2.45, 2.75) is 31.8 Å². The van der Waals surface area contributed by atoms with Crippen molar-refractivity contribution in [3.05, 3.63) is 107 Å². The number of halogens is 1. The number of aryl methyl sites for hydroxylation is 1. The molecular weight excluding hydrogens is 444 g/mol. The van der Waals surface area contributed by atoms with Crippen molar-refractivity contribution in [2.24, 2.45) is 28.2 Å². The van der Waals surface area contributed by atoms with Gasteiger partial charge in [-0.15, -0.1) is 0 Å². The van der Waals surface area contributed by atoms with Gasteiger partial charge in [-0.1, -0.05) is 72.3 Å². The zero-order valence-electron chi connectivity index (χ0n) is 19.4. The highest BCUT2D eigenvalue weighted by molar-refractivity contribution is 6.30. The molecule has 0 radical (unpaired) electrons. The van der Waals surface area contributed by atoms with Gasteiger partial charge in [0, 0.05) is 28.4 Å². The van der Waals surface area contributed by atoms with Gasteiger partial charge in [0.25, 0.3) is 0 Å². The maximum absolute atomic E-state index is 6.42. The lowest BCUT2D eigenvalue weighted by Gasteiger charge is -2.24. The standard InChI is InChI=1S/C20H25ClN6.C7H8/c1-11(12-4-7-15(21)8-5-12)26-20(24)16-10-14(6-9-17(16)22)18(23)19(27-25)13-2-3-13;1-7-5-3-2-4-6-7/h4-10,13,18-19,27H,1-3,22-23,25H2,(H2,24,26);2-6H,1H3. The van der Waals surface area contributed by atoms with E-state index in [4.69, 9.17) is 34.6 Å². The molecule has 3 aromatic rings. The van der Waals surface area contributed by atoms with Gasteiger partial charge in [0.2, 0.25) is 0 Å². The topological polar surface area (TPSA) is 128 Å². The fourth-order valence-corrected chi connectivity index (χ4v) is 3.77. The van der Waals surface area contributed by atoms with E-state index in [1.54, 1.807) is 18.2 Å². The average Bonchev–Trinajstić information content (AvgIpc) is 3.66. The number of nitrogens with zero attached hydrogens (tertiary/aromatic N) is 1. The molecule has 9 N–H and O–H groups in total. The fraction of sp³-hybridized carbons (Fsp3) is 0.222. The number of hydrogen-bond donors (Lipinski definition) is 5. The van der Waals surface area contributed by atoms with Crippen LogP contribution in [0.4, 0.5) is 5.69 Å². The van der Waals surface area contributed by atoms with Crippen molar-refractivity contribution in [3.8, 4) is 0 Å². The molecule has 1 aliphatic carbocycles. The summed E-state index contributed by atoms with van der Waals surface area (Å²) in [6, 6.07) is 22.8. The summed E-state index contributed by atoms with van der Waals surface area (Å²) in [5, 5.41) is 0.646. The molecular formula is C27H33ClN6. The Bertz CT molecular complexity index is 1120. The van der Waals surface area contributed by atoms with E-state index < -0.39 is 0 Å². The molecule has 0 heterocycles. The minimum absolute atomic E-state index is 0.0173. The Hall–Kier alpha value is -3.16. The zero-order valence-corrected chi connectivity index (χ0v) is 20.2. The van der Waals surface area contributed by atoms with Gasteiger partial charge >= 0.3 is 0 Å². The molecule has 0 spiro atoms. The largest absolute Gasteiger partial charge is 0.398 e. The second-order valence-electron chi connectivity index (χ2n) is 8.51. The van der Waals surface area contributed by atoms with E-state index in [1.165, 1.54) is 5.56 Å². The molecule has 0 aliphatic heterocycles. The molecule has 1 aliphatic rings. The molecule has 3 aromatic carbocycles. The molecule has 0 saturated heterocycles. The molecule has 0 bridgehead atoms. The molecule has 2 atom stereocenters. The summed E-state index contributed by atoms with van der Waals surface area (Å²) in [4.78, 5) is 4.42. The number of hydrazine groups is 1. The molecule has 6 nitrogen and oxygen atoms in total. The van der Waals surface area contributed by atoms with Crippen molar-refractivity contribution < 1.29 is 0 Å². The van der Waals surface area contributed by atoms with E-state index in [0.717, 1.165) is 24.0 Å². The van der Waals surface area contributed by atoms with Gasteiger partial charge < -0.3 is 17.2 Å². The monoisotopic (exact) mass is 476 g/mol. The Balaban J connectivity index is 0.000000396. The van der Waals surface area contributed by atoms with Crippen molar-refractivity contribution in [1.82, 2.24) is 5.43 Å². The first kappa shape index (κ1) is 25.5. The molecule has 0 aromatic heterocycles. The number of hydrogen-bond acceptors (Lipinski definition) is 5. The Kier molecular flexibility index (Phi) is 8.85. The third-order valence-corrected chi connectivity index (χ3v) is 6.07. The van der Waals surface area contributed by atoms with Crippen LogP contribution in [0, 0.1) is 12.8 Å². The molecule has 1 fully saturated rings. The van der Waals surface area contributed by atoms with Gasteiger partial charge in [-0.3, -0.25) is 11.3 Å². The molecule has 0 amide bonds. The van der Waals surface area contributed by atoms with Crippen molar-refractivity contribution in [1.29, 1.82) is 0 Å². The normalized spacial score (nSPS) is 15.1. The number of nitrogens with one attached hydrogen (secondary N) is 1. The second-order valence-corrected chi connectivity index (χ2v) is 8.94. The van der Waals surface area contributed by atoms with E-state index >= 15 is 0 Å². The van der Waals surface area contributed by atoms with E-state index in [-0.39, 0.29) is 17.9 Å². The SMILES string of the molecule is C=C(N=C(N)c1cc(C(N)C(NN)C2CC2)ccc1N)c1ccc(Cl)cc1.Cc1ccccc1. The quantitative estimate of drug-likeness (QED) is 0.112. The van der Waals surface area contributed by atoms with Crippen LogP contribution in [-0.4, -0.2) is 11.9 Å². The molecule has 34 heavy (non-hydrogen) atoms. The van der Waals surface area contributed by atoms with Crippen LogP contribution in [0.3, 0.4) is 0 Å². The van der Waals surface area contributed by atoms with E-state index in [1.807, 2.05) is 42.5 Å². The Morgan fingerprint density at radius 3 is 2.24 bits per heavy atom. The van der Waals surface area contributed by atoms with Crippen LogP contribution in [0.15, 0.2) is 84.4 Å². The molecule has 4 rings (SSSR count). The highest BCUT2D eigenvalue weighted by Crippen LogP contribution is 2.37. The first-order valence-electron chi connectivity index (χ1n) is 11.2. The number of benzene rings is 3. The highest BCUT2D eigenvalue weighted by Gasteiger charge is 2.35. The van der Waals surface area contributed by atoms with Crippen LogP contribution in [0.25, 0.3) is 5.70 Å². The van der Waals surface area contributed by atoms with Crippen LogP contribution in [0.1, 0.15) is 41.1 Å². The van der Waals surface area contributed by atoms with E-state index in [0.29, 0.717) is 27.9 Å². The van der Waals surface area contributed by atoms with E-state index in [9.17, 15) is 0 Å². The summed E-state index contributed by atoms with van der Waals surface area (Å²) in [6.45, 7) is 6.06. The lowest BCUT2D eigenvalue weighted by Crippen LogP contribution is -2.44. The third-order valence-electron chi connectivity index (χ3n) is 5.82. The Labute approximate surface area is 206 Å². The van der Waals surface area contributed by atoms with Gasteiger partial charge in [0.1, 0.15) is 5.84 Å². The minimum Gasteiger partial charge on any atom is -0.398 e. The summed E-state index contributed by atoms with van der Waals surface area (Å²) in [6.07, 6.45) is 2.27. The van der Waals surface area contributed by atoms with Gasteiger partial charge in [-0.25, -0.2) is 4.99 Å². The van der Waals surface area contributed by atoms with Gasteiger partial charge in [0.05, 0.1) is 5.70 Å². The molecule has 2 unspecified atom stereocenters. The summed E-state index contributed by atoms with van der Waals surface area (Å²) in [7, 11) is 0. The predicted molar refractivity (Wildman–Crippen MR) is 144 cm³/mol. The number of nitrogens with two attached hydrogens (primary N) is 4. The lowest BCUT2D eigenvalue weighted by atomic mass is 9.95. The number of amidine groups is 1. The Morgan fingerprint density at radius 1 is 1.06 bits per heavy atom. The maximum Gasteiger partial charge on any atom is 0.133 e. The predicted octanol–water partition coefficient (Wildman–Crippen LogP) is 4.54. The van der Waals surface area contributed by atoms with Gasteiger partial charge in [-0.05, 0) is 61.1 Å². The third kappa shape index (κ3) is 6.92. The number of anilines is 1. The summed E-state index contributed by atoms with van der Waals surface area (Å²) < 4.78 is 0. The second kappa shape index (κ2) is 11.8. The first-order valence-corrected chi connectivity index (χ1v) is 11.6. The smallest absolute Gasteiger partial charge is 0.133 e. The van der Waals surface area contributed by atoms with Crippen molar-refractivity contribution in [2.75, 3.05) is 5.73 Å². The minimum atomic E-state index is -0.255. The number of aliphatic imine (C=N–C) groups is 1. The van der Waals surface area contributed by atoms with Gasteiger partial charge in [0.15, 0.2) is 0 Å². The average molecular weight is 477 g/mol. The maximum atomic E-state index is 6.42. The number of rotatable bonds is 7. The first-order chi connectivity index (χ1) is 16.3. The van der Waals surface area contributed by atoms with Crippen LogP contribution in [0.2, 0.25) is 5.02 Å². The van der Waals surface area contributed by atoms with Crippen LogP contribution >= 0.6 is 11.6 Å². The fourth-order valence-electron chi connectivity index (χ4n) is 3.65. The Morgan fingerprint density at radius 2 is 1.71 bits per heavy atom. The molecule has 1 saturated carbocycles. The van der Waals surface area contributed by atoms with Gasteiger partial charge in [-0.2, -0.15) is 0 Å². The lowest BCUT2D eigenvalue weighted by molar-refractivity contribution is 0.404. The molecule has 178 valence electrons. The van der Waals surface area contributed by atoms with Crippen LogP contribution in [-0.2, 0) is 0 Å². The van der Waals surface area contributed by atoms with Crippen molar-refractivity contribution >= 4 is 28.8 Å². The summed E-state index contributed by atoms with van der Waals surface area (Å²) in [5.74, 6) is 6.48.